The molecule has 0 unspecified atom stereocenters. The fourth-order valence-electron chi connectivity index (χ4n) is 2.55. The van der Waals surface area contributed by atoms with Crippen LogP contribution in [0.15, 0.2) is 57.3 Å². The lowest BCUT2D eigenvalue weighted by atomic mass is 10.0. The number of benzene rings is 2. The molecule has 3 rings (SSSR count). The van der Waals surface area contributed by atoms with E-state index in [0.29, 0.717) is 16.1 Å². The maximum atomic E-state index is 12.6. The van der Waals surface area contributed by atoms with Gasteiger partial charge in [-0.3, -0.25) is 0 Å². The molecule has 1 heterocycles. The van der Waals surface area contributed by atoms with Crippen LogP contribution < -0.4 is 0 Å². The van der Waals surface area contributed by atoms with Crippen molar-refractivity contribution in [1.29, 1.82) is 0 Å². The molecule has 0 aliphatic carbocycles. The van der Waals surface area contributed by atoms with Crippen LogP contribution >= 0.6 is 27.3 Å². The van der Waals surface area contributed by atoms with Crippen molar-refractivity contribution in [2.45, 2.75) is 13.8 Å². The van der Waals surface area contributed by atoms with Gasteiger partial charge in [-0.2, -0.15) is 0 Å². The molecule has 0 saturated heterocycles. The van der Waals surface area contributed by atoms with Gasteiger partial charge in [-0.25, -0.2) is 9.79 Å². The van der Waals surface area contributed by atoms with Crippen LogP contribution in [0, 0.1) is 6.92 Å². The SMILES string of the molecule is CCOC(=O)c1c(-c2ccc(C)cc2)csc1N=Cc1cc(Br)ccc1O. The summed E-state index contributed by atoms with van der Waals surface area (Å²) in [6.45, 7) is 4.08. The van der Waals surface area contributed by atoms with Gasteiger partial charge >= 0.3 is 5.97 Å². The number of halogens is 1. The minimum Gasteiger partial charge on any atom is -0.507 e. The highest BCUT2D eigenvalue weighted by atomic mass is 79.9. The highest BCUT2D eigenvalue weighted by Gasteiger charge is 2.21. The average Bonchev–Trinajstić information content (AvgIpc) is 3.07. The third-order valence-electron chi connectivity index (χ3n) is 3.92. The molecular formula is C21H18BrNO3S. The number of thiophene rings is 1. The molecular weight excluding hydrogens is 426 g/mol. The van der Waals surface area contributed by atoms with E-state index in [1.807, 2.05) is 36.6 Å². The number of hydrogen-bond acceptors (Lipinski definition) is 5. The minimum atomic E-state index is -0.403. The van der Waals surface area contributed by atoms with Gasteiger partial charge in [-0.05, 0) is 37.6 Å². The van der Waals surface area contributed by atoms with E-state index in [-0.39, 0.29) is 12.4 Å². The van der Waals surface area contributed by atoms with Crippen molar-refractivity contribution in [2.24, 2.45) is 4.99 Å². The van der Waals surface area contributed by atoms with Crippen LogP contribution in [0.4, 0.5) is 5.00 Å². The van der Waals surface area contributed by atoms with Crippen molar-refractivity contribution >= 4 is 44.5 Å². The number of phenolic OH excluding ortho intramolecular Hbond substituents is 1. The maximum Gasteiger partial charge on any atom is 0.341 e. The third-order valence-corrected chi connectivity index (χ3v) is 5.30. The molecule has 2 aromatic carbocycles. The smallest absolute Gasteiger partial charge is 0.341 e. The Morgan fingerprint density at radius 3 is 2.70 bits per heavy atom. The first kappa shape index (κ1) is 19.3. The second-order valence-electron chi connectivity index (χ2n) is 5.88. The molecule has 0 atom stereocenters. The van der Waals surface area contributed by atoms with Crippen LogP contribution in [-0.2, 0) is 4.74 Å². The predicted octanol–water partition coefficient (Wildman–Crippen LogP) is 6.12. The first-order valence-corrected chi connectivity index (χ1v) is 10.0. The number of aromatic hydroxyl groups is 1. The predicted molar refractivity (Wildman–Crippen MR) is 114 cm³/mol. The summed E-state index contributed by atoms with van der Waals surface area (Å²) < 4.78 is 6.08. The van der Waals surface area contributed by atoms with Crippen molar-refractivity contribution in [3.8, 4) is 16.9 Å². The summed E-state index contributed by atoms with van der Waals surface area (Å²) in [7, 11) is 0. The van der Waals surface area contributed by atoms with Gasteiger partial charge in [0.1, 0.15) is 16.3 Å². The lowest BCUT2D eigenvalue weighted by Gasteiger charge is -2.06. The molecule has 0 amide bonds. The lowest BCUT2D eigenvalue weighted by molar-refractivity contribution is 0.0529. The summed E-state index contributed by atoms with van der Waals surface area (Å²) in [5.41, 5.74) is 3.88. The Morgan fingerprint density at radius 2 is 2.00 bits per heavy atom. The van der Waals surface area contributed by atoms with E-state index < -0.39 is 5.97 Å². The summed E-state index contributed by atoms with van der Waals surface area (Å²) in [4.78, 5) is 17.0. The summed E-state index contributed by atoms with van der Waals surface area (Å²) in [6.07, 6.45) is 1.55. The number of nitrogens with zero attached hydrogens (tertiary/aromatic N) is 1. The molecule has 1 N–H and O–H groups in total. The van der Waals surface area contributed by atoms with E-state index in [1.54, 1.807) is 31.3 Å². The number of rotatable bonds is 5. The standard InChI is InChI=1S/C21H18BrNO3S/c1-3-26-21(25)19-17(14-6-4-13(2)5-7-14)12-27-20(19)23-11-15-10-16(22)8-9-18(15)24/h4-12,24H,3H2,1-2H3. The summed E-state index contributed by atoms with van der Waals surface area (Å²) in [5.74, 6) is -0.283. The van der Waals surface area contributed by atoms with Crippen molar-refractivity contribution in [3.05, 3.63) is 69.0 Å². The molecule has 138 valence electrons. The van der Waals surface area contributed by atoms with E-state index in [9.17, 15) is 9.90 Å². The van der Waals surface area contributed by atoms with Gasteiger partial charge < -0.3 is 9.84 Å². The molecule has 0 aliphatic heterocycles. The summed E-state index contributed by atoms with van der Waals surface area (Å²) >= 11 is 4.74. The van der Waals surface area contributed by atoms with Gasteiger partial charge in [0.25, 0.3) is 0 Å². The number of ether oxygens (including phenoxy) is 1. The topological polar surface area (TPSA) is 58.9 Å². The minimum absolute atomic E-state index is 0.120. The van der Waals surface area contributed by atoms with E-state index in [0.717, 1.165) is 21.2 Å². The Bertz CT molecular complexity index is 993. The fraction of sp³-hybridized carbons (Fsp3) is 0.143. The molecule has 0 radical (unpaired) electrons. The summed E-state index contributed by atoms with van der Waals surface area (Å²) in [6, 6.07) is 13.1. The highest BCUT2D eigenvalue weighted by molar-refractivity contribution is 9.10. The second-order valence-corrected chi connectivity index (χ2v) is 7.65. The molecule has 0 saturated carbocycles. The highest BCUT2D eigenvalue weighted by Crippen LogP contribution is 2.38. The molecule has 0 aliphatic rings. The normalized spacial score (nSPS) is 11.1. The zero-order chi connectivity index (χ0) is 19.4. The van der Waals surface area contributed by atoms with Crippen LogP contribution in [-0.4, -0.2) is 23.9 Å². The Kier molecular flexibility index (Phi) is 6.08. The van der Waals surface area contributed by atoms with Crippen LogP contribution in [0.3, 0.4) is 0 Å². The second kappa shape index (κ2) is 8.50. The molecule has 0 spiro atoms. The van der Waals surface area contributed by atoms with Crippen molar-refractivity contribution in [1.82, 2.24) is 0 Å². The van der Waals surface area contributed by atoms with Crippen LogP contribution in [0.25, 0.3) is 11.1 Å². The van der Waals surface area contributed by atoms with Crippen molar-refractivity contribution in [3.63, 3.8) is 0 Å². The largest absolute Gasteiger partial charge is 0.507 e. The molecule has 27 heavy (non-hydrogen) atoms. The van der Waals surface area contributed by atoms with Crippen LogP contribution in [0.5, 0.6) is 5.75 Å². The first-order valence-electron chi connectivity index (χ1n) is 8.38. The maximum absolute atomic E-state index is 12.6. The quantitative estimate of drug-likeness (QED) is 0.381. The number of hydrogen-bond donors (Lipinski definition) is 1. The Hall–Kier alpha value is -2.44. The Balaban J connectivity index is 2.04. The van der Waals surface area contributed by atoms with Gasteiger partial charge in [0.15, 0.2) is 0 Å². The number of carbonyl (C=O) groups excluding carboxylic acids is 1. The molecule has 4 nitrogen and oxygen atoms in total. The van der Waals surface area contributed by atoms with Gasteiger partial charge in [0.05, 0.1) is 6.61 Å². The molecule has 1 aromatic heterocycles. The Morgan fingerprint density at radius 1 is 1.26 bits per heavy atom. The van der Waals surface area contributed by atoms with Gasteiger partial charge in [0, 0.05) is 27.2 Å². The Labute approximate surface area is 170 Å². The number of esters is 1. The zero-order valence-electron chi connectivity index (χ0n) is 14.9. The third kappa shape index (κ3) is 4.46. The molecule has 3 aromatic rings. The van der Waals surface area contributed by atoms with E-state index in [4.69, 9.17) is 4.74 Å². The van der Waals surface area contributed by atoms with Gasteiger partial charge in [-0.15, -0.1) is 11.3 Å². The van der Waals surface area contributed by atoms with Crippen molar-refractivity contribution < 1.29 is 14.6 Å². The van der Waals surface area contributed by atoms with Crippen molar-refractivity contribution in [2.75, 3.05) is 6.61 Å². The van der Waals surface area contributed by atoms with E-state index in [2.05, 4.69) is 20.9 Å². The summed E-state index contributed by atoms with van der Waals surface area (Å²) in [5, 5.41) is 12.4. The molecule has 0 fully saturated rings. The molecule has 0 bridgehead atoms. The van der Waals surface area contributed by atoms with Gasteiger partial charge in [0.2, 0.25) is 0 Å². The lowest BCUT2D eigenvalue weighted by Crippen LogP contribution is -2.05. The van der Waals surface area contributed by atoms with Crippen LogP contribution in [0.1, 0.15) is 28.4 Å². The zero-order valence-corrected chi connectivity index (χ0v) is 17.3. The van der Waals surface area contributed by atoms with Crippen LogP contribution in [0.2, 0.25) is 0 Å². The fourth-order valence-corrected chi connectivity index (χ4v) is 3.83. The average molecular weight is 444 g/mol. The number of aliphatic imine (C=N–C) groups is 1. The first-order chi connectivity index (χ1) is 13.0. The van der Waals surface area contributed by atoms with E-state index >= 15 is 0 Å². The monoisotopic (exact) mass is 443 g/mol. The molecule has 6 heteroatoms. The number of aryl methyl sites for hydroxylation is 1. The van der Waals surface area contributed by atoms with E-state index in [1.165, 1.54) is 11.3 Å². The van der Waals surface area contributed by atoms with Gasteiger partial charge in [-0.1, -0.05) is 45.8 Å². The number of carbonyl (C=O) groups is 1. The number of phenols is 1.